The number of nitrogens with one attached hydrogen (secondary N) is 1. The molecule has 0 radical (unpaired) electrons. The normalized spacial score (nSPS) is 21.1. The molecule has 0 saturated carbocycles. The van der Waals surface area contributed by atoms with Crippen LogP contribution in [0.3, 0.4) is 0 Å². The Hall–Kier alpha value is -2.67. The maximum absolute atomic E-state index is 13.3. The van der Waals surface area contributed by atoms with Crippen LogP contribution in [-0.2, 0) is 25.7 Å². The van der Waals surface area contributed by atoms with E-state index >= 15 is 0 Å². The van der Waals surface area contributed by atoms with Crippen molar-refractivity contribution in [2.24, 2.45) is 11.8 Å². The van der Waals surface area contributed by atoms with Crippen LogP contribution in [-0.4, -0.2) is 51.6 Å². The number of nitrogens with zero attached hydrogens (tertiary/aromatic N) is 2. The van der Waals surface area contributed by atoms with Crippen LogP contribution in [0.2, 0.25) is 5.02 Å². The van der Waals surface area contributed by atoms with Crippen LogP contribution < -0.4 is 5.32 Å². The molecule has 1 aliphatic carbocycles. The number of imide groups is 1. The molecule has 1 aromatic rings. The highest BCUT2D eigenvalue weighted by atomic mass is 35.5. The SMILES string of the molecule is C[C@H](C(=O)NC(C)(C)C)N(Cc1cccc(Cl)c1)C(=O)CCN1C(=O)[C@H]2CC=CC[C@H]2C1=O. The van der Waals surface area contributed by atoms with Crippen LogP contribution >= 0.6 is 11.6 Å². The molecule has 0 spiro atoms. The molecule has 2 aliphatic rings. The van der Waals surface area contributed by atoms with Gasteiger partial charge in [-0.1, -0.05) is 35.9 Å². The molecular weight excluding hydrogens is 442 g/mol. The lowest BCUT2D eigenvalue weighted by Gasteiger charge is -2.32. The average molecular weight is 474 g/mol. The van der Waals surface area contributed by atoms with E-state index in [4.69, 9.17) is 11.6 Å². The Kier molecular flexibility index (Phi) is 7.62. The molecule has 0 bridgehead atoms. The Morgan fingerprint density at radius 3 is 2.30 bits per heavy atom. The lowest BCUT2D eigenvalue weighted by Crippen LogP contribution is -2.52. The fraction of sp³-hybridized carbons (Fsp3) is 0.520. The van der Waals surface area contributed by atoms with Gasteiger partial charge in [-0.25, -0.2) is 0 Å². The number of hydrogen-bond donors (Lipinski definition) is 1. The van der Waals surface area contributed by atoms with Gasteiger partial charge < -0.3 is 10.2 Å². The molecule has 1 fully saturated rings. The lowest BCUT2D eigenvalue weighted by molar-refractivity contribution is -0.144. The van der Waals surface area contributed by atoms with Crippen molar-refractivity contribution in [3.8, 4) is 0 Å². The van der Waals surface area contributed by atoms with Gasteiger partial charge in [0.05, 0.1) is 11.8 Å². The number of likely N-dealkylation sites (tertiary alicyclic amines) is 1. The minimum atomic E-state index is -0.743. The first-order valence-corrected chi connectivity index (χ1v) is 11.7. The molecule has 33 heavy (non-hydrogen) atoms. The minimum Gasteiger partial charge on any atom is -0.350 e. The second-order valence-corrected chi connectivity index (χ2v) is 10.2. The van der Waals surface area contributed by atoms with Crippen molar-refractivity contribution in [1.29, 1.82) is 0 Å². The number of carbonyl (C=O) groups is 4. The summed E-state index contributed by atoms with van der Waals surface area (Å²) >= 11 is 6.11. The second-order valence-electron chi connectivity index (χ2n) is 9.80. The van der Waals surface area contributed by atoms with E-state index in [-0.39, 0.29) is 55.0 Å². The van der Waals surface area contributed by atoms with Gasteiger partial charge in [-0.3, -0.25) is 24.1 Å². The van der Waals surface area contributed by atoms with E-state index in [1.54, 1.807) is 25.1 Å². The third-order valence-electron chi connectivity index (χ3n) is 6.06. The highest BCUT2D eigenvalue weighted by Gasteiger charge is 2.47. The van der Waals surface area contributed by atoms with Crippen molar-refractivity contribution in [2.45, 2.75) is 65.1 Å². The van der Waals surface area contributed by atoms with Crippen molar-refractivity contribution in [1.82, 2.24) is 15.1 Å². The van der Waals surface area contributed by atoms with Gasteiger partial charge in [0.2, 0.25) is 23.6 Å². The number of benzene rings is 1. The summed E-state index contributed by atoms with van der Waals surface area (Å²) in [6.07, 6.45) is 4.94. The molecule has 1 N–H and O–H groups in total. The number of carbonyl (C=O) groups excluding carboxylic acids is 4. The zero-order valence-electron chi connectivity index (χ0n) is 19.6. The number of rotatable bonds is 7. The molecule has 178 valence electrons. The number of fused-ring (bicyclic) bond motifs is 1. The summed E-state index contributed by atoms with van der Waals surface area (Å²) in [4.78, 5) is 54.3. The van der Waals surface area contributed by atoms with Crippen molar-refractivity contribution in [3.05, 3.63) is 47.0 Å². The number of amides is 4. The Morgan fingerprint density at radius 2 is 1.76 bits per heavy atom. The van der Waals surface area contributed by atoms with Gasteiger partial charge in [0.25, 0.3) is 0 Å². The van der Waals surface area contributed by atoms with Crippen molar-refractivity contribution in [2.75, 3.05) is 6.54 Å². The smallest absolute Gasteiger partial charge is 0.242 e. The molecular formula is C25H32ClN3O4. The first-order valence-electron chi connectivity index (χ1n) is 11.3. The van der Waals surface area contributed by atoms with Crippen LogP contribution in [0.15, 0.2) is 36.4 Å². The summed E-state index contributed by atoms with van der Waals surface area (Å²) in [5.74, 6) is -1.64. The largest absolute Gasteiger partial charge is 0.350 e. The van der Waals surface area contributed by atoms with E-state index < -0.39 is 11.6 Å². The van der Waals surface area contributed by atoms with E-state index in [2.05, 4.69) is 5.32 Å². The maximum Gasteiger partial charge on any atom is 0.242 e. The number of halogens is 1. The van der Waals surface area contributed by atoms with E-state index in [0.717, 1.165) is 5.56 Å². The van der Waals surface area contributed by atoms with Crippen molar-refractivity contribution >= 4 is 35.2 Å². The van der Waals surface area contributed by atoms with Gasteiger partial charge in [-0.15, -0.1) is 0 Å². The number of allylic oxidation sites excluding steroid dienone is 2. The minimum absolute atomic E-state index is 0.0170. The topological polar surface area (TPSA) is 86.8 Å². The molecule has 8 heteroatoms. The molecule has 1 heterocycles. The third-order valence-corrected chi connectivity index (χ3v) is 6.29. The fourth-order valence-corrected chi connectivity index (χ4v) is 4.54. The highest BCUT2D eigenvalue weighted by molar-refractivity contribution is 6.30. The van der Waals surface area contributed by atoms with Crippen LogP contribution in [0.5, 0.6) is 0 Å². The van der Waals surface area contributed by atoms with Gasteiger partial charge in [0, 0.05) is 30.1 Å². The van der Waals surface area contributed by atoms with E-state index in [1.165, 1.54) is 9.80 Å². The first kappa shape index (κ1) is 25.0. The molecule has 7 nitrogen and oxygen atoms in total. The zero-order valence-corrected chi connectivity index (χ0v) is 20.4. The van der Waals surface area contributed by atoms with Gasteiger partial charge in [-0.2, -0.15) is 0 Å². The molecule has 1 saturated heterocycles. The zero-order chi connectivity index (χ0) is 24.3. The van der Waals surface area contributed by atoms with Gasteiger partial charge in [0.15, 0.2) is 0 Å². The Labute approximate surface area is 200 Å². The quantitative estimate of drug-likeness (QED) is 0.486. The monoisotopic (exact) mass is 473 g/mol. The summed E-state index contributed by atoms with van der Waals surface area (Å²) in [5, 5.41) is 3.45. The summed E-state index contributed by atoms with van der Waals surface area (Å²) in [7, 11) is 0. The summed E-state index contributed by atoms with van der Waals surface area (Å²) in [5.41, 5.74) is 0.339. The van der Waals surface area contributed by atoms with Crippen LogP contribution in [0.1, 0.15) is 52.5 Å². The van der Waals surface area contributed by atoms with Gasteiger partial charge in [0.1, 0.15) is 6.04 Å². The number of hydrogen-bond acceptors (Lipinski definition) is 4. The molecule has 0 aromatic heterocycles. The van der Waals surface area contributed by atoms with Crippen LogP contribution in [0, 0.1) is 11.8 Å². The lowest BCUT2D eigenvalue weighted by atomic mass is 9.85. The molecule has 0 unspecified atom stereocenters. The third kappa shape index (κ3) is 6.02. The Bertz CT molecular complexity index is 943. The van der Waals surface area contributed by atoms with E-state index in [1.807, 2.05) is 39.0 Å². The van der Waals surface area contributed by atoms with Gasteiger partial charge in [-0.05, 0) is 58.2 Å². The predicted octanol–water partition coefficient (Wildman–Crippen LogP) is 3.31. The van der Waals surface area contributed by atoms with Crippen molar-refractivity contribution in [3.63, 3.8) is 0 Å². The van der Waals surface area contributed by atoms with Crippen molar-refractivity contribution < 1.29 is 19.2 Å². The molecule has 3 atom stereocenters. The molecule has 3 rings (SSSR count). The maximum atomic E-state index is 13.3. The summed E-state index contributed by atoms with van der Waals surface area (Å²) in [6.45, 7) is 7.51. The van der Waals surface area contributed by atoms with E-state index in [9.17, 15) is 19.2 Å². The Balaban J connectivity index is 1.73. The summed E-state index contributed by atoms with van der Waals surface area (Å²) < 4.78 is 0. The van der Waals surface area contributed by atoms with Crippen LogP contribution in [0.25, 0.3) is 0 Å². The molecule has 1 aromatic carbocycles. The fourth-order valence-electron chi connectivity index (χ4n) is 4.33. The highest BCUT2D eigenvalue weighted by Crippen LogP contribution is 2.35. The predicted molar refractivity (Wildman–Crippen MR) is 126 cm³/mol. The summed E-state index contributed by atoms with van der Waals surface area (Å²) in [6, 6.07) is 6.38. The first-order chi connectivity index (χ1) is 15.5. The molecule has 1 aliphatic heterocycles. The Morgan fingerprint density at radius 1 is 1.15 bits per heavy atom. The van der Waals surface area contributed by atoms with E-state index in [0.29, 0.717) is 17.9 Å². The second kappa shape index (κ2) is 10.1. The van der Waals surface area contributed by atoms with Crippen LogP contribution in [0.4, 0.5) is 0 Å². The average Bonchev–Trinajstić information content (AvgIpc) is 2.99. The standard InChI is InChI=1S/C25H32ClN3O4/c1-16(22(31)27-25(2,3)4)29(15-17-8-7-9-18(26)14-17)21(30)12-13-28-23(32)19-10-5-6-11-20(19)24(28)33/h5-9,14,16,19-20H,10-13,15H2,1-4H3,(H,27,31)/t16-,19-,20+/m1/s1. The van der Waals surface area contributed by atoms with Gasteiger partial charge >= 0.3 is 0 Å². The molecule has 4 amide bonds.